The minimum absolute atomic E-state index is 0.0391. The SMILES string of the molecule is CN(c1ccccc1N1CCN(C(=O)[C@@H](Cc2ccc(Cl)cc2)NC(=O)C2Cc3ccccc3CN2CC(=O)NC(C)(C)C)CC1)S(C)(=O)=O. The highest BCUT2D eigenvalue weighted by atomic mass is 35.5. The molecule has 0 aromatic heterocycles. The van der Waals surface area contributed by atoms with Crippen molar-refractivity contribution in [1.29, 1.82) is 0 Å². The number of carbonyl (C=O) groups is 3. The normalized spacial score (nSPS) is 17.4. The van der Waals surface area contributed by atoms with Crippen LogP contribution in [-0.2, 0) is 43.8 Å². The van der Waals surface area contributed by atoms with Crippen LogP contribution in [0.5, 0.6) is 0 Å². The van der Waals surface area contributed by atoms with E-state index in [1.807, 2.05) is 74.2 Å². The first-order valence-electron chi connectivity index (χ1n) is 16.8. The number of sulfonamides is 1. The molecule has 3 amide bonds. The number of amides is 3. The highest BCUT2D eigenvalue weighted by Gasteiger charge is 2.36. The molecule has 2 aliphatic rings. The average molecular weight is 723 g/mol. The number of hydrogen-bond acceptors (Lipinski definition) is 7. The topological polar surface area (TPSA) is 122 Å². The predicted molar refractivity (Wildman–Crippen MR) is 198 cm³/mol. The van der Waals surface area contributed by atoms with E-state index in [9.17, 15) is 22.8 Å². The van der Waals surface area contributed by atoms with Gasteiger partial charge in [-0.3, -0.25) is 23.6 Å². The lowest BCUT2D eigenvalue weighted by molar-refractivity contribution is -0.139. The van der Waals surface area contributed by atoms with Crippen molar-refractivity contribution < 1.29 is 22.8 Å². The van der Waals surface area contributed by atoms with Crippen LogP contribution in [0.4, 0.5) is 11.4 Å². The molecule has 2 atom stereocenters. The van der Waals surface area contributed by atoms with Crippen molar-refractivity contribution in [2.45, 2.75) is 57.8 Å². The summed E-state index contributed by atoms with van der Waals surface area (Å²) in [6, 6.07) is 20.9. The van der Waals surface area contributed by atoms with Crippen molar-refractivity contribution in [3.05, 3.63) is 94.5 Å². The van der Waals surface area contributed by atoms with Gasteiger partial charge in [-0.25, -0.2) is 8.42 Å². The number of fused-ring (bicyclic) bond motifs is 1. The van der Waals surface area contributed by atoms with Gasteiger partial charge in [0.05, 0.1) is 30.2 Å². The van der Waals surface area contributed by atoms with Crippen LogP contribution in [0.2, 0.25) is 5.02 Å². The number of anilines is 2. The monoisotopic (exact) mass is 722 g/mol. The number of para-hydroxylation sites is 2. The second-order valence-corrected chi connectivity index (χ2v) is 16.6. The number of rotatable bonds is 10. The van der Waals surface area contributed by atoms with Gasteiger partial charge in [0.25, 0.3) is 0 Å². The molecular formula is C37H47ClN6O5S. The number of halogens is 1. The van der Waals surface area contributed by atoms with Crippen molar-refractivity contribution in [3.63, 3.8) is 0 Å². The third-order valence-corrected chi connectivity index (χ3v) is 10.6. The fourth-order valence-corrected chi connectivity index (χ4v) is 7.17. The maximum absolute atomic E-state index is 14.3. The van der Waals surface area contributed by atoms with Gasteiger partial charge in [-0.15, -0.1) is 0 Å². The average Bonchev–Trinajstić information content (AvgIpc) is 3.06. The van der Waals surface area contributed by atoms with E-state index in [1.54, 1.807) is 29.2 Å². The molecule has 3 aromatic carbocycles. The first-order valence-corrected chi connectivity index (χ1v) is 19.0. The zero-order valence-electron chi connectivity index (χ0n) is 29.4. The second kappa shape index (κ2) is 15.4. The van der Waals surface area contributed by atoms with Gasteiger partial charge in [0.2, 0.25) is 27.7 Å². The van der Waals surface area contributed by atoms with Crippen LogP contribution in [0.25, 0.3) is 0 Å². The number of hydrogen-bond donors (Lipinski definition) is 2. The van der Waals surface area contributed by atoms with E-state index in [1.165, 1.54) is 17.6 Å². The molecule has 268 valence electrons. The molecule has 0 saturated carbocycles. The molecule has 50 heavy (non-hydrogen) atoms. The van der Waals surface area contributed by atoms with Crippen molar-refractivity contribution in [3.8, 4) is 0 Å². The van der Waals surface area contributed by atoms with Gasteiger partial charge >= 0.3 is 0 Å². The first kappa shape index (κ1) is 37.1. The van der Waals surface area contributed by atoms with Crippen molar-refractivity contribution in [2.75, 3.05) is 55.2 Å². The van der Waals surface area contributed by atoms with E-state index in [-0.39, 0.29) is 30.7 Å². The summed E-state index contributed by atoms with van der Waals surface area (Å²) in [5, 5.41) is 6.66. The molecule has 1 fully saturated rings. The van der Waals surface area contributed by atoms with Crippen LogP contribution in [0.15, 0.2) is 72.8 Å². The molecule has 5 rings (SSSR count). The van der Waals surface area contributed by atoms with Crippen LogP contribution in [0, 0.1) is 0 Å². The molecule has 1 unspecified atom stereocenters. The van der Waals surface area contributed by atoms with E-state index in [0.29, 0.717) is 49.9 Å². The summed E-state index contributed by atoms with van der Waals surface area (Å²) in [5.41, 5.74) is 3.87. The lowest BCUT2D eigenvalue weighted by atomic mass is 9.93. The fraction of sp³-hybridized carbons (Fsp3) is 0.432. The molecule has 3 aromatic rings. The van der Waals surface area contributed by atoms with Crippen LogP contribution < -0.4 is 19.8 Å². The number of benzene rings is 3. The molecule has 0 aliphatic carbocycles. The third-order valence-electron chi connectivity index (χ3n) is 9.13. The maximum atomic E-state index is 14.3. The van der Waals surface area contributed by atoms with Gasteiger partial charge in [-0.2, -0.15) is 0 Å². The molecular weight excluding hydrogens is 676 g/mol. The lowest BCUT2D eigenvalue weighted by Gasteiger charge is -2.40. The second-order valence-electron chi connectivity index (χ2n) is 14.1. The molecule has 0 radical (unpaired) electrons. The zero-order valence-corrected chi connectivity index (χ0v) is 30.9. The van der Waals surface area contributed by atoms with Crippen LogP contribution in [0.1, 0.15) is 37.5 Å². The highest BCUT2D eigenvalue weighted by molar-refractivity contribution is 7.92. The molecule has 0 bridgehead atoms. The lowest BCUT2D eigenvalue weighted by Crippen LogP contribution is -2.59. The molecule has 1 saturated heterocycles. The first-order chi connectivity index (χ1) is 23.6. The summed E-state index contributed by atoms with van der Waals surface area (Å²) in [6.07, 6.45) is 1.84. The van der Waals surface area contributed by atoms with Gasteiger partial charge in [0, 0.05) is 56.8 Å². The predicted octanol–water partition coefficient (Wildman–Crippen LogP) is 3.45. The zero-order chi connectivity index (χ0) is 36.2. The summed E-state index contributed by atoms with van der Waals surface area (Å²) in [6.45, 7) is 7.96. The van der Waals surface area contributed by atoms with Gasteiger partial charge in [-0.05, 0) is 68.1 Å². The van der Waals surface area contributed by atoms with E-state index in [4.69, 9.17) is 11.6 Å². The Bertz CT molecular complexity index is 1810. The summed E-state index contributed by atoms with van der Waals surface area (Å²) in [4.78, 5) is 47.2. The Kier molecular flexibility index (Phi) is 11.4. The Balaban J connectivity index is 1.35. The minimum atomic E-state index is -3.47. The molecule has 2 aliphatic heterocycles. The van der Waals surface area contributed by atoms with Crippen LogP contribution in [0.3, 0.4) is 0 Å². The van der Waals surface area contributed by atoms with Crippen molar-refractivity contribution in [1.82, 2.24) is 20.4 Å². The van der Waals surface area contributed by atoms with Gasteiger partial charge in [0.1, 0.15) is 6.04 Å². The fourth-order valence-electron chi connectivity index (χ4n) is 6.53. The number of nitrogens with one attached hydrogen (secondary N) is 2. The van der Waals surface area contributed by atoms with Crippen LogP contribution in [-0.4, -0.2) is 99.6 Å². The summed E-state index contributed by atoms with van der Waals surface area (Å²) in [5.74, 6) is -0.694. The number of nitrogens with zero attached hydrogens (tertiary/aromatic N) is 4. The minimum Gasteiger partial charge on any atom is -0.366 e. The summed E-state index contributed by atoms with van der Waals surface area (Å²) >= 11 is 6.15. The maximum Gasteiger partial charge on any atom is 0.245 e. The van der Waals surface area contributed by atoms with E-state index >= 15 is 0 Å². The highest BCUT2D eigenvalue weighted by Crippen LogP contribution is 2.31. The molecule has 13 heteroatoms. The standard InChI is InChI=1S/C37H47ClN6O5S/c1-37(2,3)40-34(45)25-44-24-28-11-7-6-10-27(28)23-33(44)35(46)39-30(22-26-14-16-29(38)17-15-26)36(47)43-20-18-42(19-21-43)32-13-9-8-12-31(32)41(4)50(5,48)49/h6-17,30,33H,18-25H2,1-5H3,(H,39,46)(H,40,45)/t30-,33?/m1/s1. The Labute approximate surface area is 300 Å². The van der Waals surface area contributed by atoms with Crippen molar-refractivity contribution >= 4 is 50.7 Å². The van der Waals surface area contributed by atoms with E-state index < -0.39 is 27.6 Å². The van der Waals surface area contributed by atoms with Crippen LogP contribution >= 0.6 is 11.6 Å². The number of piperazine rings is 1. The molecule has 2 heterocycles. The Morgan fingerprint density at radius 1 is 0.920 bits per heavy atom. The van der Waals surface area contributed by atoms with Crippen molar-refractivity contribution in [2.24, 2.45) is 0 Å². The smallest absolute Gasteiger partial charge is 0.245 e. The van der Waals surface area contributed by atoms with E-state index in [2.05, 4.69) is 15.5 Å². The largest absolute Gasteiger partial charge is 0.366 e. The molecule has 2 N–H and O–H groups in total. The quantitative estimate of drug-likeness (QED) is 0.329. The van der Waals surface area contributed by atoms with Gasteiger partial charge in [0.15, 0.2) is 0 Å². The number of carbonyl (C=O) groups excluding carboxylic acids is 3. The Hall–Kier alpha value is -4.13. The molecule has 11 nitrogen and oxygen atoms in total. The Morgan fingerprint density at radius 2 is 1.54 bits per heavy atom. The third kappa shape index (κ3) is 9.35. The Morgan fingerprint density at radius 3 is 2.18 bits per heavy atom. The van der Waals surface area contributed by atoms with Gasteiger partial charge < -0.3 is 20.4 Å². The van der Waals surface area contributed by atoms with E-state index in [0.717, 1.165) is 22.4 Å². The summed E-state index contributed by atoms with van der Waals surface area (Å²) < 4.78 is 25.9. The molecule has 0 spiro atoms. The summed E-state index contributed by atoms with van der Waals surface area (Å²) in [7, 11) is -1.94. The van der Waals surface area contributed by atoms with Gasteiger partial charge in [-0.1, -0.05) is 60.1 Å².